The molecule has 3 rings (SSSR count). The predicted octanol–water partition coefficient (Wildman–Crippen LogP) is 1.20. The maximum absolute atomic E-state index is 11.3. The average molecular weight is 238 g/mol. The molecule has 4 heteroatoms. The van der Waals surface area contributed by atoms with Crippen molar-refractivity contribution in [1.29, 1.82) is 0 Å². The third-order valence-electron chi connectivity index (χ3n) is 5.11. The van der Waals surface area contributed by atoms with Crippen LogP contribution in [0.1, 0.15) is 44.9 Å². The second-order valence-electron chi connectivity index (χ2n) is 6.24. The van der Waals surface area contributed by atoms with Gasteiger partial charge in [-0.1, -0.05) is 0 Å². The highest BCUT2D eigenvalue weighted by Crippen LogP contribution is 2.42. The van der Waals surface area contributed by atoms with Gasteiger partial charge in [0.25, 0.3) is 0 Å². The Bertz CT molecular complexity index is 333. The molecule has 0 aromatic heterocycles. The van der Waals surface area contributed by atoms with Gasteiger partial charge in [-0.05, 0) is 50.9 Å². The number of rotatable bonds is 2. The molecule has 1 heterocycles. The van der Waals surface area contributed by atoms with Crippen molar-refractivity contribution in [2.24, 2.45) is 11.7 Å². The lowest BCUT2D eigenvalue weighted by Crippen LogP contribution is -2.56. The van der Waals surface area contributed by atoms with Crippen molar-refractivity contribution in [3.8, 4) is 0 Å². The standard InChI is InChI=1S/C13H22N2O2/c14-13(12(16)17)5-1-2-11(7-13)15-8-9-3-4-10(15)6-9/h9-11H,1-8,14H2,(H,16,17). The van der Waals surface area contributed by atoms with Crippen molar-refractivity contribution in [2.75, 3.05) is 6.54 Å². The van der Waals surface area contributed by atoms with E-state index in [0.29, 0.717) is 18.9 Å². The molecule has 0 aromatic carbocycles. The van der Waals surface area contributed by atoms with E-state index in [1.807, 2.05) is 0 Å². The van der Waals surface area contributed by atoms with Crippen molar-refractivity contribution in [1.82, 2.24) is 4.90 Å². The number of nitrogens with zero attached hydrogens (tertiary/aromatic N) is 1. The molecule has 2 saturated carbocycles. The summed E-state index contributed by atoms with van der Waals surface area (Å²) in [5.41, 5.74) is 5.06. The SMILES string of the molecule is NC1(C(=O)O)CCCC(N2CC3CCC2C3)C1. The van der Waals surface area contributed by atoms with Crippen molar-refractivity contribution in [3.05, 3.63) is 0 Å². The molecule has 4 atom stereocenters. The Morgan fingerprint density at radius 3 is 2.71 bits per heavy atom. The van der Waals surface area contributed by atoms with E-state index in [1.54, 1.807) is 0 Å². The maximum Gasteiger partial charge on any atom is 0.323 e. The molecule has 3 fully saturated rings. The topological polar surface area (TPSA) is 66.6 Å². The van der Waals surface area contributed by atoms with Gasteiger partial charge in [-0.15, -0.1) is 0 Å². The number of nitrogens with two attached hydrogens (primary N) is 1. The summed E-state index contributed by atoms with van der Waals surface area (Å²) in [4.78, 5) is 13.8. The first-order chi connectivity index (χ1) is 8.08. The molecular weight excluding hydrogens is 216 g/mol. The Labute approximate surface area is 102 Å². The molecule has 0 spiro atoms. The number of carbonyl (C=O) groups is 1. The Morgan fingerprint density at radius 2 is 2.12 bits per heavy atom. The summed E-state index contributed by atoms with van der Waals surface area (Å²) >= 11 is 0. The monoisotopic (exact) mass is 238 g/mol. The van der Waals surface area contributed by atoms with Crippen LogP contribution in [0.4, 0.5) is 0 Å². The molecule has 1 saturated heterocycles. The normalized spacial score (nSPS) is 46.3. The number of aliphatic carboxylic acids is 1. The fraction of sp³-hybridized carbons (Fsp3) is 0.923. The van der Waals surface area contributed by atoms with Crippen LogP contribution in [0.2, 0.25) is 0 Å². The largest absolute Gasteiger partial charge is 0.480 e. The maximum atomic E-state index is 11.3. The van der Waals surface area contributed by atoms with Crippen LogP contribution in [0.3, 0.4) is 0 Å². The van der Waals surface area contributed by atoms with Gasteiger partial charge in [0.15, 0.2) is 0 Å². The molecule has 2 aliphatic carbocycles. The van der Waals surface area contributed by atoms with Gasteiger partial charge in [0.2, 0.25) is 0 Å². The number of hydrogen-bond acceptors (Lipinski definition) is 3. The van der Waals surface area contributed by atoms with Gasteiger partial charge < -0.3 is 10.8 Å². The average Bonchev–Trinajstić information content (AvgIpc) is 2.90. The first-order valence-corrected chi connectivity index (χ1v) is 6.86. The fourth-order valence-corrected chi connectivity index (χ4v) is 4.17. The van der Waals surface area contributed by atoms with Crippen LogP contribution in [-0.2, 0) is 4.79 Å². The lowest BCUT2D eigenvalue weighted by molar-refractivity contribution is -0.145. The zero-order valence-corrected chi connectivity index (χ0v) is 10.3. The van der Waals surface area contributed by atoms with E-state index in [-0.39, 0.29) is 0 Å². The van der Waals surface area contributed by atoms with Gasteiger partial charge in [-0.2, -0.15) is 0 Å². The van der Waals surface area contributed by atoms with Gasteiger partial charge in [0, 0.05) is 18.6 Å². The Hall–Kier alpha value is -0.610. The minimum atomic E-state index is -0.968. The Morgan fingerprint density at radius 1 is 1.29 bits per heavy atom. The molecule has 1 aliphatic heterocycles. The van der Waals surface area contributed by atoms with Gasteiger partial charge in [0.1, 0.15) is 5.54 Å². The van der Waals surface area contributed by atoms with E-state index in [2.05, 4.69) is 4.90 Å². The molecule has 0 radical (unpaired) electrons. The number of carboxylic acids is 1. The minimum Gasteiger partial charge on any atom is -0.480 e. The minimum absolute atomic E-state index is 0.417. The van der Waals surface area contributed by atoms with Gasteiger partial charge in [-0.3, -0.25) is 9.69 Å². The highest BCUT2D eigenvalue weighted by atomic mass is 16.4. The number of carboxylic acid groups (broad SMARTS) is 1. The molecule has 96 valence electrons. The highest BCUT2D eigenvalue weighted by Gasteiger charge is 2.46. The second-order valence-corrected chi connectivity index (χ2v) is 6.24. The van der Waals surface area contributed by atoms with Crippen LogP contribution < -0.4 is 5.73 Å². The lowest BCUT2D eigenvalue weighted by atomic mass is 9.79. The third kappa shape index (κ3) is 1.87. The van der Waals surface area contributed by atoms with Crippen LogP contribution in [0, 0.1) is 5.92 Å². The molecule has 0 amide bonds. The van der Waals surface area contributed by atoms with Crippen molar-refractivity contribution >= 4 is 5.97 Å². The first kappa shape index (κ1) is 11.5. The molecule has 2 bridgehead atoms. The Kier molecular flexibility index (Phi) is 2.67. The summed E-state index contributed by atoms with van der Waals surface area (Å²) in [6, 6.07) is 1.14. The summed E-state index contributed by atoms with van der Waals surface area (Å²) in [5.74, 6) is 0.0606. The Balaban J connectivity index is 1.70. The summed E-state index contributed by atoms with van der Waals surface area (Å²) in [7, 11) is 0. The molecule has 4 nitrogen and oxygen atoms in total. The number of hydrogen-bond donors (Lipinski definition) is 2. The molecule has 4 unspecified atom stereocenters. The molecule has 3 N–H and O–H groups in total. The van der Waals surface area contributed by atoms with Crippen molar-refractivity contribution < 1.29 is 9.90 Å². The first-order valence-electron chi connectivity index (χ1n) is 6.86. The van der Waals surface area contributed by atoms with Crippen LogP contribution in [-0.4, -0.2) is 40.1 Å². The summed E-state index contributed by atoms with van der Waals surface area (Å²) < 4.78 is 0. The van der Waals surface area contributed by atoms with E-state index >= 15 is 0 Å². The lowest BCUT2D eigenvalue weighted by Gasteiger charge is -2.42. The van der Waals surface area contributed by atoms with Crippen molar-refractivity contribution in [2.45, 2.75) is 62.6 Å². The third-order valence-corrected chi connectivity index (χ3v) is 5.11. The van der Waals surface area contributed by atoms with Crippen LogP contribution >= 0.6 is 0 Å². The van der Waals surface area contributed by atoms with E-state index in [9.17, 15) is 9.90 Å². The van der Waals surface area contributed by atoms with E-state index in [1.165, 1.54) is 25.8 Å². The molecule has 0 aromatic rings. The van der Waals surface area contributed by atoms with Gasteiger partial charge in [0.05, 0.1) is 0 Å². The van der Waals surface area contributed by atoms with Gasteiger partial charge in [-0.25, -0.2) is 0 Å². The predicted molar refractivity (Wildman–Crippen MR) is 64.6 cm³/mol. The summed E-state index contributed by atoms with van der Waals surface area (Å²) in [6.07, 6.45) is 7.40. The number of likely N-dealkylation sites (tertiary alicyclic amines) is 1. The summed E-state index contributed by atoms with van der Waals surface area (Å²) in [5, 5.41) is 9.25. The highest BCUT2D eigenvalue weighted by molar-refractivity contribution is 5.78. The second kappa shape index (κ2) is 3.95. The smallest absolute Gasteiger partial charge is 0.323 e. The van der Waals surface area contributed by atoms with E-state index in [0.717, 1.165) is 24.8 Å². The van der Waals surface area contributed by atoms with Crippen LogP contribution in [0.5, 0.6) is 0 Å². The number of fused-ring (bicyclic) bond motifs is 2. The van der Waals surface area contributed by atoms with Crippen molar-refractivity contribution in [3.63, 3.8) is 0 Å². The fourth-order valence-electron chi connectivity index (χ4n) is 4.17. The van der Waals surface area contributed by atoms with Gasteiger partial charge >= 0.3 is 5.97 Å². The molecule has 17 heavy (non-hydrogen) atoms. The number of piperidine rings is 1. The van der Waals surface area contributed by atoms with E-state index < -0.39 is 11.5 Å². The zero-order valence-electron chi connectivity index (χ0n) is 10.3. The van der Waals surface area contributed by atoms with E-state index in [4.69, 9.17) is 5.73 Å². The van der Waals surface area contributed by atoms with Crippen LogP contribution in [0.15, 0.2) is 0 Å². The van der Waals surface area contributed by atoms with Crippen LogP contribution in [0.25, 0.3) is 0 Å². The summed E-state index contributed by atoms with van der Waals surface area (Å²) in [6.45, 7) is 1.19. The quantitative estimate of drug-likeness (QED) is 0.758. The molecule has 3 aliphatic rings. The molecular formula is C13H22N2O2. The zero-order chi connectivity index (χ0) is 12.0.